The molecule has 0 saturated carbocycles. The van der Waals surface area contributed by atoms with Crippen molar-refractivity contribution in [3.8, 4) is 0 Å². The van der Waals surface area contributed by atoms with Gasteiger partial charge in [-0.3, -0.25) is 0 Å². The highest BCUT2D eigenvalue weighted by Crippen LogP contribution is 2.38. The number of aryl methyl sites for hydroxylation is 1. The highest BCUT2D eigenvalue weighted by Gasteiger charge is 2.40. The number of hydrogen-bond acceptors (Lipinski definition) is 2. The first-order valence-corrected chi connectivity index (χ1v) is 8.64. The molecule has 3 unspecified atom stereocenters. The number of fused-ring (bicyclic) bond motifs is 1. The maximum Gasteiger partial charge on any atom is 0.130 e. The third kappa shape index (κ3) is 2.69. The Kier molecular flexibility index (Phi) is 4.01. The van der Waals surface area contributed by atoms with Gasteiger partial charge in [-0.2, -0.15) is 0 Å². The number of benzene rings is 2. The summed E-state index contributed by atoms with van der Waals surface area (Å²) in [6, 6.07) is 12.7. The zero-order valence-corrected chi connectivity index (χ0v) is 13.8. The summed E-state index contributed by atoms with van der Waals surface area (Å²) in [5, 5.41) is 3.47. The van der Waals surface area contributed by atoms with Crippen molar-refractivity contribution in [2.24, 2.45) is 5.92 Å². The maximum absolute atomic E-state index is 14.1. The van der Waals surface area contributed by atoms with E-state index in [4.69, 9.17) is 0 Å². The van der Waals surface area contributed by atoms with Crippen molar-refractivity contribution in [2.45, 2.75) is 31.8 Å². The number of anilines is 1. The first-order chi connectivity index (χ1) is 11.6. The summed E-state index contributed by atoms with van der Waals surface area (Å²) in [6.45, 7) is 4.05. The second-order valence-electron chi connectivity index (χ2n) is 6.98. The normalized spacial score (nSPS) is 26.5. The predicted molar refractivity (Wildman–Crippen MR) is 92.1 cm³/mol. The summed E-state index contributed by atoms with van der Waals surface area (Å²) in [5.74, 6) is -0.467. The van der Waals surface area contributed by atoms with Gasteiger partial charge in [-0.25, -0.2) is 8.78 Å². The second kappa shape index (κ2) is 6.17. The van der Waals surface area contributed by atoms with Crippen molar-refractivity contribution in [1.29, 1.82) is 0 Å². The van der Waals surface area contributed by atoms with Crippen molar-refractivity contribution < 1.29 is 8.78 Å². The van der Waals surface area contributed by atoms with Crippen LogP contribution in [-0.2, 0) is 0 Å². The molecule has 0 aliphatic carbocycles. The first kappa shape index (κ1) is 15.6. The largest absolute Gasteiger partial charge is 0.371 e. The zero-order chi connectivity index (χ0) is 16.7. The number of para-hydroxylation sites is 1. The number of halogens is 2. The van der Waals surface area contributed by atoms with Gasteiger partial charge in [-0.15, -0.1) is 0 Å². The van der Waals surface area contributed by atoms with E-state index in [1.165, 1.54) is 29.4 Å². The van der Waals surface area contributed by atoms with Crippen molar-refractivity contribution in [3.05, 3.63) is 65.2 Å². The van der Waals surface area contributed by atoms with Gasteiger partial charge < -0.3 is 10.2 Å². The third-order valence-electron chi connectivity index (χ3n) is 5.49. The Hall–Kier alpha value is -1.94. The number of piperidine rings is 1. The highest BCUT2D eigenvalue weighted by atomic mass is 19.1. The van der Waals surface area contributed by atoms with Crippen molar-refractivity contribution in [2.75, 3.05) is 18.0 Å². The molecule has 0 bridgehead atoms. The van der Waals surface area contributed by atoms with Gasteiger partial charge in [0, 0.05) is 36.4 Å². The monoisotopic (exact) mass is 328 g/mol. The summed E-state index contributed by atoms with van der Waals surface area (Å²) < 4.78 is 28.2. The summed E-state index contributed by atoms with van der Waals surface area (Å²) >= 11 is 0. The Labute approximate surface area is 141 Å². The number of nitrogens with one attached hydrogen (secondary N) is 1. The molecular formula is C20H22F2N2. The average Bonchev–Trinajstić information content (AvgIpc) is 2.97. The molecule has 2 aromatic carbocycles. The predicted octanol–water partition coefficient (Wildman–Crippen LogP) is 4.20. The standard InChI is InChI=1S/C20H22F2N2/c1-13-5-2-3-8-19(13)24-10-9-17-14(12-24)11-18(23-17)20-15(21)6-4-7-16(20)22/h2-8,14,17-18,23H,9-12H2,1H3. The minimum absolute atomic E-state index is 0.203. The van der Waals surface area contributed by atoms with Crippen LogP contribution in [0.5, 0.6) is 0 Å². The summed E-state index contributed by atoms with van der Waals surface area (Å²) in [5.41, 5.74) is 2.75. The Morgan fingerprint density at radius 1 is 1.04 bits per heavy atom. The van der Waals surface area contributed by atoms with Crippen LogP contribution < -0.4 is 10.2 Å². The molecule has 0 aromatic heterocycles. The zero-order valence-electron chi connectivity index (χ0n) is 13.8. The van der Waals surface area contributed by atoms with E-state index in [1.807, 2.05) is 0 Å². The molecule has 2 nitrogen and oxygen atoms in total. The average molecular weight is 328 g/mol. The van der Waals surface area contributed by atoms with E-state index in [-0.39, 0.29) is 11.6 Å². The molecule has 0 spiro atoms. The van der Waals surface area contributed by atoms with Crippen molar-refractivity contribution >= 4 is 5.69 Å². The SMILES string of the molecule is Cc1ccccc1N1CCC2NC(c3c(F)cccc3F)CC2C1. The fraction of sp³-hybridized carbons (Fsp3) is 0.400. The lowest BCUT2D eigenvalue weighted by Crippen LogP contribution is -2.44. The molecule has 2 fully saturated rings. The first-order valence-electron chi connectivity index (χ1n) is 8.64. The van der Waals surface area contributed by atoms with E-state index < -0.39 is 11.6 Å². The van der Waals surface area contributed by atoms with E-state index >= 15 is 0 Å². The summed E-state index contributed by atoms with van der Waals surface area (Å²) in [6.07, 6.45) is 1.79. The van der Waals surface area contributed by atoms with Crippen LogP contribution in [0.1, 0.15) is 30.0 Å². The lowest BCUT2D eigenvalue weighted by Gasteiger charge is -2.37. The van der Waals surface area contributed by atoms with Crippen molar-refractivity contribution in [1.82, 2.24) is 5.32 Å². The quantitative estimate of drug-likeness (QED) is 0.889. The fourth-order valence-corrected chi connectivity index (χ4v) is 4.30. The smallest absolute Gasteiger partial charge is 0.130 e. The van der Waals surface area contributed by atoms with Crippen LogP contribution in [0.25, 0.3) is 0 Å². The third-order valence-corrected chi connectivity index (χ3v) is 5.49. The van der Waals surface area contributed by atoms with E-state index in [0.29, 0.717) is 12.0 Å². The van der Waals surface area contributed by atoms with E-state index in [0.717, 1.165) is 25.9 Å². The fourth-order valence-electron chi connectivity index (χ4n) is 4.30. The Morgan fingerprint density at radius 2 is 1.79 bits per heavy atom. The topological polar surface area (TPSA) is 15.3 Å². The van der Waals surface area contributed by atoms with E-state index in [1.54, 1.807) is 0 Å². The Balaban J connectivity index is 1.53. The Morgan fingerprint density at radius 3 is 2.54 bits per heavy atom. The molecule has 126 valence electrons. The molecule has 24 heavy (non-hydrogen) atoms. The molecule has 2 aromatic rings. The van der Waals surface area contributed by atoms with E-state index in [9.17, 15) is 8.78 Å². The van der Waals surface area contributed by atoms with Gasteiger partial charge in [0.15, 0.2) is 0 Å². The van der Waals surface area contributed by atoms with Gasteiger partial charge in [-0.1, -0.05) is 24.3 Å². The van der Waals surface area contributed by atoms with Gasteiger partial charge in [0.25, 0.3) is 0 Å². The number of hydrogen-bond donors (Lipinski definition) is 1. The molecule has 2 saturated heterocycles. The molecular weight excluding hydrogens is 306 g/mol. The van der Waals surface area contributed by atoms with E-state index in [2.05, 4.69) is 41.4 Å². The molecule has 3 atom stereocenters. The molecule has 2 heterocycles. The minimum Gasteiger partial charge on any atom is -0.371 e. The van der Waals surface area contributed by atoms with Gasteiger partial charge in [0.05, 0.1) is 0 Å². The second-order valence-corrected chi connectivity index (χ2v) is 6.98. The molecule has 1 N–H and O–H groups in total. The molecule has 0 amide bonds. The number of rotatable bonds is 2. The van der Waals surface area contributed by atoms with Gasteiger partial charge >= 0.3 is 0 Å². The van der Waals surface area contributed by atoms with Gasteiger partial charge in [-0.05, 0) is 49.4 Å². The van der Waals surface area contributed by atoms with Crippen LogP contribution >= 0.6 is 0 Å². The molecule has 4 rings (SSSR count). The molecule has 2 aliphatic rings. The van der Waals surface area contributed by atoms with Gasteiger partial charge in [0.1, 0.15) is 11.6 Å². The molecule has 2 aliphatic heterocycles. The lowest BCUT2D eigenvalue weighted by atomic mass is 9.90. The lowest BCUT2D eigenvalue weighted by molar-refractivity contribution is 0.375. The highest BCUT2D eigenvalue weighted by molar-refractivity contribution is 5.53. The summed E-state index contributed by atoms with van der Waals surface area (Å²) in [4.78, 5) is 2.41. The molecule has 4 heteroatoms. The van der Waals surface area contributed by atoms with Crippen LogP contribution in [0.2, 0.25) is 0 Å². The summed E-state index contributed by atoms with van der Waals surface area (Å²) in [7, 11) is 0. The van der Waals surface area contributed by atoms with Crippen LogP contribution in [0.3, 0.4) is 0 Å². The van der Waals surface area contributed by atoms with Crippen LogP contribution in [0.4, 0.5) is 14.5 Å². The minimum atomic E-state index is -0.443. The van der Waals surface area contributed by atoms with Crippen molar-refractivity contribution in [3.63, 3.8) is 0 Å². The Bertz CT molecular complexity index is 726. The van der Waals surface area contributed by atoms with Crippen LogP contribution in [0, 0.1) is 24.5 Å². The maximum atomic E-state index is 14.1. The van der Waals surface area contributed by atoms with Crippen LogP contribution in [0.15, 0.2) is 42.5 Å². The molecule has 0 radical (unpaired) electrons. The van der Waals surface area contributed by atoms with Gasteiger partial charge in [0.2, 0.25) is 0 Å². The number of nitrogens with zero attached hydrogens (tertiary/aromatic N) is 1. The van der Waals surface area contributed by atoms with Crippen LogP contribution in [-0.4, -0.2) is 19.1 Å².